The Morgan fingerprint density at radius 1 is 1.03 bits per heavy atom. The van der Waals surface area contributed by atoms with Crippen LogP contribution in [0.25, 0.3) is 0 Å². The van der Waals surface area contributed by atoms with Gasteiger partial charge in [-0.05, 0) is 74.0 Å². The van der Waals surface area contributed by atoms with Gasteiger partial charge >= 0.3 is 11.9 Å². The zero-order valence-corrected chi connectivity index (χ0v) is 21.2. The van der Waals surface area contributed by atoms with Crippen LogP contribution >= 0.6 is 0 Å². The molecule has 0 unspecified atom stereocenters. The molecule has 0 spiro atoms. The normalized spacial score (nSPS) is 38.7. The number of carbonyl (C=O) groups is 2. The van der Waals surface area contributed by atoms with Gasteiger partial charge in [-0.2, -0.15) is 0 Å². The molecule has 0 N–H and O–H groups in total. The van der Waals surface area contributed by atoms with E-state index in [4.69, 9.17) is 9.47 Å². The van der Waals surface area contributed by atoms with Crippen molar-refractivity contribution in [2.45, 2.75) is 98.7 Å². The molecule has 33 heavy (non-hydrogen) atoms. The Morgan fingerprint density at radius 2 is 1.76 bits per heavy atom. The van der Waals surface area contributed by atoms with Crippen LogP contribution in [0.2, 0.25) is 0 Å². The first-order valence-electron chi connectivity index (χ1n) is 12.8. The Labute approximate surface area is 199 Å². The van der Waals surface area contributed by atoms with Gasteiger partial charge in [-0.15, -0.1) is 5.92 Å². The largest absolute Gasteiger partial charge is 0.462 e. The monoisotopic (exact) mass is 452 g/mol. The van der Waals surface area contributed by atoms with Crippen LogP contribution in [0.5, 0.6) is 0 Å². The fourth-order valence-electron chi connectivity index (χ4n) is 8.01. The molecule has 2 saturated carbocycles. The van der Waals surface area contributed by atoms with E-state index in [1.54, 1.807) is 0 Å². The Bertz CT molecular complexity index is 933. The minimum atomic E-state index is -0.376. The summed E-state index contributed by atoms with van der Waals surface area (Å²) in [6.07, 6.45) is 12.2. The van der Waals surface area contributed by atoms with Crippen molar-refractivity contribution in [3.8, 4) is 11.8 Å². The molecular weight excluding hydrogens is 412 g/mol. The molecule has 4 aliphatic carbocycles. The Balaban J connectivity index is 1.55. The first kappa shape index (κ1) is 24.1. The van der Waals surface area contributed by atoms with Gasteiger partial charge in [0.05, 0.1) is 0 Å². The second-order valence-corrected chi connectivity index (χ2v) is 11.3. The second kappa shape index (κ2) is 8.97. The smallest absolute Gasteiger partial charge is 0.303 e. The fraction of sp³-hybridized carbons (Fsp3) is 0.724. The minimum absolute atomic E-state index is 0.0470. The van der Waals surface area contributed by atoms with E-state index < -0.39 is 0 Å². The highest BCUT2D eigenvalue weighted by Gasteiger charge is 2.57. The molecule has 180 valence electrons. The highest BCUT2D eigenvalue weighted by molar-refractivity contribution is 5.66. The summed E-state index contributed by atoms with van der Waals surface area (Å²) >= 11 is 0. The van der Waals surface area contributed by atoms with Crippen molar-refractivity contribution >= 4 is 11.9 Å². The topological polar surface area (TPSA) is 52.6 Å². The summed E-state index contributed by atoms with van der Waals surface area (Å²) in [5.41, 5.74) is 3.34. The van der Waals surface area contributed by atoms with Crippen LogP contribution < -0.4 is 0 Å². The van der Waals surface area contributed by atoms with E-state index >= 15 is 0 Å². The summed E-state index contributed by atoms with van der Waals surface area (Å²) in [7, 11) is 0. The number of esters is 2. The molecule has 4 aliphatic rings. The van der Waals surface area contributed by atoms with Crippen LogP contribution in [0.1, 0.15) is 86.5 Å². The average Bonchev–Trinajstić information content (AvgIpc) is 3.09. The third-order valence-electron chi connectivity index (χ3n) is 9.56. The van der Waals surface area contributed by atoms with Crippen molar-refractivity contribution in [1.29, 1.82) is 0 Å². The Kier molecular flexibility index (Phi) is 6.56. The molecule has 4 heteroatoms. The van der Waals surface area contributed by atoms with Gasteiger partial charge in [0.15, 0.2) is 6.10 Å². The second-order valence-electron chi connectivity index (χ2n) is 11.3. The number of ether oxygens (including phenoxy) is 2. The summed E-state index contributed by atoms with van der Waals surface area (Å²) in [5, 5.41) is 0. The highest BCUT2D eigenvalue weighted by Crippen LogP contribution is 2.66. The van der Waals surface area contributed by atoms with Gasteiger partial charge < -0.3 is 9.47 Å². The van der Waals surface area contributed by atoms with Crippen molar-refractivity contribution in [3.63, 3.8) is 0 Å². The summed E-state index contributed by atoms with van der Waals surface area (Å²) in [5.74, 6) is 7.78. The molecule has 4 rings (SSSR count). The first-order valence-corrected chi connectivity index (χ1v) is 12.8. The number of allylic oxidation sites excluding steroid dienone is 2. The quantitative estimate of drug-likeness (QED) is 0.298. The van der Waals surface area contributed by atoms with E-state index in [-0.39, 0.29) is 40.9 Å². The lowest BCUT2D eigenvalue weighted by Crippen LogP contribution is -2.50. The molecule has 8 atom stereocenters. The number of hydrogen-bond donors (Lipinski definition) is 0. The van der Waals surface area contributed by atoms with E-state index in [1.807, 2.05) is 6.92 Å². The Hall–Kier alpha value is -2.02. The van der Waals surface area contributed by atoms with Crippen molar-refractivity contribution in [1.82, 2.24) is 0 Å². The van der Waals surface area contributed by atoms with Gasteiger partial charge in [-0.1, -0.05) is 50.0 Å². The average molecular weight is 453 g/mol. The number of rotatable bonds is 4. The lowest BCUT2D eigenvalue weighted by molar-refractivity contribution is -0.148. The molecule has 2 fully saturated rings. The molecule has 0 aromatic heterocycles. The lowest BCUT2D eigenvalue weighted by Gasteiger charge is -2.58. The van der Waals surface area contributed by atoms with Crippen molar-refractivity contribution in [2.24, 2.45) is 34.5 Å². The molecule has 0 bridgehead atoms. The SMILES string of the molecule is CC#C[C@@H](OC(C)=O)[C@@H](C)C1=CC[C@H]2[C@@H]3CC=C4C[C@@H](OC(C)=O)CC[C@]4(C)[C@H]3CC[C@]12C. The van der Waals surface area contributed by atoms with Crippen LogP contribution in [0.3, 0.4) is 0 Å². The van der Waals surface area contributed by atoms with Crippen molar-refractivity contribution in [3.05, 3.63) is 23.3 Å². The van der Waals surface area contributed by atoms with Crippen LogP contribution in [-0.2, 0) is 19.1 Å². The molecule has 0 amide bonds. The number of hydrogen-bond acceptors (Lipinski definition) is 4. The zero-order chi connectivity index (χ0) is 24.0. The van der Waals surface area contributed by atoms with E-state index in [0.29, 0.717) is 17.8 Å². The van der Waals surface area contributed by atoms with Crippen LogP contribution in [0, 0.1) is 46.3 Å². The van der Waals surface area contributed by atoms with E-state index in [2.05, 4.69) is 44.8 Å². The maximum Gasteiger partial charge on any atom is 0.303 e. The van der Waals surface area contributed by atoms with E-state index in [9.17, 15) is 9.59 Å². The van der Waals surface area contributed by atoms with Crippen molar-refractivity contribution < 1.29 is 19.1 Å². The van der Waals surface area contributed by atoms with Crippen LogP contribution in [-0.4, -0.2) is 24.1 Å². The minimum Gasteiger partial charge on any atom is -0.462 e. The summed E-state index contributed by atoms with van der Waals surface area (Å²) < 4.78 is 11.2. The molecule has 0 radical (unpaired) electrons. The predicted octanol–water partition coefficient (Wildman–Crippen LogP) is 6.01. The lowest BCUT2D eigenvalue weighted by atomic mass is 9.47. The van der Waals surface area contributed by atoms with Gasteiger partial charge in [-0.3, -0.25) is 9.59 Å². The van der Waals surface area contributed by atoms with Gasteiger partial charge in [-0.25, -0.2) is 0 Å². The molecule has 0 aromatic rings. The first-order chi connectivity index (χ1) is 15.6. The van der Waals surface area contributed by atoms with Gasteiger partial charge in [0.25, 0.3) is 0 Å². The molecule has 0 saturated heterocycles. The highest BCUT2D eigenvalue weighted by atomic mass is 16.5. The van der Waals surface area contributed by atoms with Crippen LogP contribution in [0.4, 0.5) is 0 Å². The molecule has 0 aliphatic heterocycles. The zero-order valence-electron chi connectivity index (χ0n) is 21.2. The third-order valence-corrected chi connectivity index (χ3v) is 9.56. The summed E-state index contributed by atoms with van der Waals surface area (Å²) in [4.78, 5) is 23.2. The molecular formula is C29H40O4. The maximum absolute atomic E-state index is 11.7. The van der Waals surface area contributed by atoms with Gasteiger partial charge in [0, 0.05) is 26.2 Å². The molecule has 4 nitrogen and oxygen atoms in total. The van der Waals surface area contributed by atoms with Gasteiger partial charge in [0.2, 0.25) is 0 Å². The van der Waals surface area contributed by atoms with Crippen LogP contribution in [0.15, 0.2) is 23.3 Å². The van der Waals surface area contributed by atoms with Gasteiger partial charge in [0.1, 0.15) is 6.10 Å². The summed E-state index contributed by atoms with van der Waals surface area (Å²) in [6, 6.07) is 0. The van der Waals surface area contributed by atoms with E-state index in [0.717, 1.165) is 32.1 Å². The van der Waals surface area contributed by atoms with Crippen molar-refractivity contribution in [2.75, 3.05) is 0 Å². The molecule has 0 aromatic carbocycles. The Morgan fingerprint density at radius 3 is 2.42 bits per heavy atom. The molecule has 0 heterocycles. The number of carbonyl (C=O) groups excluding carboxylic acids is 2. The predicted molar refractivity (Wildman–Crippen MR) is 129 cm³/mol. The fourth-order valence-corrected chi connectivity index (χ4v) is 8.01. The maximum atomic E-state index is 11.7. The number of fused-ring (bicyclic) bond motifs is 5. The third kappa shape index (κ3) is 4.17. The van der Waals surface area contributed by atoms with E-state index in [1.165, 1.54) is 37.8 Å². The standard InChI is InChI=1S/C29H40O4/c1-7-8-27(33-20(4)31)18(2)24-11-12-25-23-10-9-21-17-22(32-19(3)30)13-15-28(21,5)26(23)14-16-29(24,25)6/h9,11,18,22-23,25-27H,10,12-17H2,1-6H3/t18-,22-,23-,25-,26-,27+,28-,29+/m0/s1. The summed E-state index contributed by atoms with van der Waals surface area (Å²) in [6.45, 7) is 11.9.